The Bertz CT molecular complexity index is 1490. The lowest BCUT2D eigenvalue weighted by molar-refractivity contribution is -0.135. The minimum atomic E-state index is -0.972. The van der Waals surface area contributed by atoms with Gasteiger partial charge in [-0.1, -0.05) is 81.8 Å². The SMILES string of the molecule is Cc1ccccc1N1C(=O)[C@@H]2N=NN(CC(=O)N3N=C(c4ccc(Br)cc4)C[C@@H]3c3ccccc3)[C@H]2C1=O. The molecular weight excluding hydrogens is 548 g/mol. The van der Waals surface area contributed by atoms with Crippen LogP contribution in [0.2, 0.25) is 0 Å². The molecule has 3 heterocycles. The van der Waals surface area contributed by atoms with Crippen molar-refractivity contribution in [2.24, 2.45) is 15.4 Å². The highest BCUT2D eigenvalue weighted by Gasteiger charge is 2.55. The van der Waals surface area contributed by atoms with Crippen molar-refractivity contribution in [2.75, 3.05) is 11.4 Å². The molecule has 0 saturated carbocycles. The van der Waals surface area contributed by atoms with Crippen molar-refractivity contribution in [2.45, 2.75) is 31.5 Å². The summed E-state index contributed by atoms with van der Waals surface area (Å²) in [6.45, 7) is 1.61. The molecule has 0 spiro atoms. The number of benzene rings is 3. The van der Waals surface area contributed by atoms with E-state index in [1.54, 1.807) is 12.1 Å². The first-order chi connectivity index (χ1) is 18.4. The summed E-state index contributed by atoms with van der Waals surface area (Å²) in [4.78, 5) is 41.3. The maximum atomic E-state index is 13.7. The molecule has 0 N–H and O–H groups in total. The zero-order chi connectivity index (χ0) is 26.4. The van der Waals surface area contributed by atoms with Gasteiger partial charge in [-0.25, -0.2) is 9.91 Å². The molecular formula is C28H23BrN6O3. The number of rotatable bonds is 5. The van der Waals surface area contributed by atoms with Crippen LogP contribution in [0.3, 0.4) is 0 Å². The van der Waals surface area contributed by atoms with E-state index in [-0.39, 0.29) is 18.5 Å². The molecule has 3 amide bonds. The summed E-state index contributed by atoms with van der Waals surface area (Å²) >= 11 is 3.46. The van der Waals surface area contributed by atoms with Gasteiger partial charge in [-0.05, 0) is 41.8 Å². The number of carbonyl (C=O) groups excluding carboxylic acids is 3. The summed E-state index contributed by atoms with van der Waals surface area (Å²) in [6, 6.07) is 22.5. The minimum absolute atomic E-state index is 0.230. The molecule has 1 fully saturated rings. The average molecular weight is 571 g/mol. The van der Waals surface area contributed by atoms with Gasteiger partial charge in [0.05, 0.1) is 17.4 Å². The van der Waals surface area contributed by atoms with Crippen LogP contribution in [0.15, 0.2) is 98.8 Å². The van der Waals surface area contributed by atoms with Gasteiger partial charge in [-0.3, -0.25) is 19.4 Å². The molecule has 3 aromatic carbocycles. The fraction of sp³-hybridized carbons (Fsp3) is 0.214. The zero-order valence-corrected chi connectivity index (χ0v) is 22.0. The largest absolute Gasteiger partial charge is 0.271 e. The number of imide groups is 1. The fourth-order valence-electron chi connectivity index (χ4n) is 5.11. The van der Waals surface area contributed by atoms with E-state index in [1.165, 1.54) is 10.0 Å². The topological polar surface area (TPSA) is 98.0 Å². The maximum Gasteiger partial charge on any atom is 0.264 e. The Hall–Kier alpha value is -4.18. The van der Waals surface area contributed by atoms with Crippen molar-refractivity contribution >= 4 is 45.1 Å². The van der Waals surface area contributed by atoms with Crippen LogP contribution >= 0.6 is 15.9 Å². The zero-order valence-electron chi connectivity index (χ0n) is 20.4. The number of hydrogen-bond acceptors (Lipinski definition) is 7. The van der Waals surface area contributed by atoms with E-state index < -0.39 is 23.9 Å². The van der Waals surface area contributed by atoms with Gasteiger partial charge in [0, 0.05) is 10.9 Å². The molecule has 190 valence electrons. The third kappa shape index (κ3) is 4.10. The molecule has 38 heavy (non-hydrogen) atoms. The van der Waals surface area contributed by atoms with Gasteiger partial charge in [-0.2, -0.15) is 10.2 Å². The maximum absolute atomic E-state index is 13.7. The average Bonchev–Trinajstić information content (AvgIpc) is 3.61. The van der Waals surface area contributed by atoms with E-state index in [4.69, 9.17) is 5.10 Å². The second-order valence-electron chi connectivity index (χ2n) is 9.41. The van der Waals surface area contributed by atoms with Gasteiger partial charge < -0.3 is 0 Å². The second-order valence-corrected chi connectivity index (χ2v) is 10.3. The van der Waals surface area contributed by atoms with Crippen molar-refractivity contribution in [3.05, 3.63) is 100 Å². The molecule has 10 heteroatoms. The highest BCUT2D eigenvalue weighted by molar-refractivity contribution is 9.10. The van der Waals surface area contributed by atoms with Crippen LogP contribution in [0.5, 0.6) is 0 Å². The molecule has 3 aromatic rings. The number of para-hydroxylation sites is 1. The summed E-state index contributed by atoms with van der Waals surface area (Å²) in [7, 11) is 0. The van der Waals surface area contributed by atoms with Crippen LogP contribution in [0, 0.1) is 6.92 Å². The molecule has 0 radical (unpaired) electrons. The fourth-order valence-corrected chi connectivity index (χ4v) is 5.37. The number of anilines is 1. The Balaban J connectivity index is 1.26. The number of hydrazone groups is 1. The van der Waals surface area contributed by atoms with E-state index in [0.717, 1.165) is 31.8 Å². The van der Waals surface area contributed by atoms with E-state index in [0.29, 0.717) is 12.1 Å². The molecule has 3 aliphatic rings. The third-order valence-corrected chi connectivity index (χ3v) is 7.57. The van der Waals surface area contributed by atoms with Crippen molar-refractivity contribution in [1.29, 1.82) is 0 Å². The standard InChI is InChI=1S/C28H23BrN6O3/c1-17-7-5-6-10-22(17)34-27(37)25-26(28(34)38)33(32-30-25)16-24(36)35-23(19-8-3-2-4-9-19)15-21(31-35)18-11-13-20(29)14-12-18/h2-14,23,25-26H,15-16H2,1H3/t23-,25-,26-/m1/s1. The van der Waals surface area contributed by atoms with Gasteiger partial charge in [0.25, 0.3) is 17.7 Å². The Labute approximate surface area is 227 Å². The summed E-state index contributed by atoms with van der Waals surface area (Å²) in [5.41, 5.74) is 3.99. The van der Waals surface area contributed by atoms with Crippen molar-refractivity contribution in [3.8, 4) is 0 Å². The first kappa shape index (κ1) is 24.2. The van der Waals surface area contributed by atoms with Crippen molar-refractivity contribution in [3.63, 3.8) is 0 Å². The predicted molar refractivity (Wildman–Crippen MR) is 144 cm³/mol. The number of nitrogens with zero attached hydrogens (tertiary/aromatic N) is 6. The minimum Gasteiger partial charge on any atom is -0.271 e. The van der Waals surface area contributed by atoms with Crippen LogP contribution in [0.25, 0.3) is 0 Å². The molecule has 0 aliphatic carbocycles. The van der Waals surface area contributed by atoms with E-state index in [2.05, 4.69) is 26.3 Å². The molecule has 3 aliphatic heterocycles. The number of amides is 3. The van der Waals surface area contributed by atoms with Gasteiger partial charge in [0.1, 0.15) is 6.54 Å². The number of fused-ring (bicyclic) bond motifs is 1. The first-order valence-corrected chi connectivity index (χ1v) is 13.0. The Morgan fingerprint density at radius 1 is 0.947 bits per heavy atom. The van der Waals surface area contributed by atoms with Gasteiger partial charge in [0.15, 0.2) is 12.1 Å². The van der Waals surface area contributed by atoms with Gasteiger partial charge in [-0.15, -0.1) is 0 Å². The first-order valence-electron chi connectivity index (χ1n) is 12.2. The van der Waals surface area contributed by atoms with Crippen molar-refractivity contribution in [1.82, 2.24) is 10.0 Å². The molecule has 1 saturated heterocycles. The Morgan fingerprint density at radius 2 is 1.66 bits per heavy atom. The van der Waals surface area contributed by atoms with E-state index in [9.17, 15) is 14.4 Å². The molecule has 9 nitrogen and oxygen atoms in total. The highest BCUT2D eigenvalue weighted by atomic mass is 79.9. The molecule has 0 bridgehead atoms. The van der Waals surface area contributed by atoms with Crippen molar-refractivity contribution < 1.29 is 14.4 Å². The molecule has 0 unspecified atom stereocenters. The van der Waals surface area contributed by atoms with Gasteiger partial charge >= 0.3 is 0 Å². The normalized spacial score (nSPS) is 22.3. The second kappa shape index (κ2) is 9.60. The van der Waals surface area contributed by atoms with E-state index >= 15 is 0 Å². The highest BCUT2D eigenvalue weighted by Crippen LogP contribution is 2.36. The van der Waals surface area contributed by atoms with Crippen LogP contribution in [0.1, 0.15) is 29.2 Å². The molecule has 0 aromatic heterocycles. The summed E-state index contributed by atoms with van der Waals surface area (Å²) in [6.07, 6.45) is 0.545. The number of halogens is 1. The monoisotopic (exact) mass is 570 g/mol. The van der Waals surface area contributed by atoms with Crippen LogP contribution in [-0.2, 0) is 14.4 Å². The predicted octanol–water partition coefficient (Wildman–Crippen LogP) is 4.43. The third-order valence-electron chi connectivity index (χ3n) is 7.04. The van der Waals surface area contributed by atoms with E-state index in [1.807, 2.05) is 73.7 Å². The number of hydrogen-bond donors (Lipinski definition) is 0. The molecule has 6 rings (SSSR count). The Kier molecular flexibility index (Phi) is 6.11. The summed E-state index contributed by atoms with van der Waals surface area (Å²) in [5.74, 6) is -1.21. The summed E-state index contributed by atoms with van der Waals surface area (Å²) < 4.78 is 0.955. The lowest BCUT2D eigenvalue weighted by atomic mass is 9.98. The lowest BCUT2D eigenvalue weighted by Crippen LogP contribution is -2.44. The molecule has 3 atom stereocenters. The quantitative estimate of drug-likeness (QED) is 0.424. The van der Waals surface area contributed by atoms with Crippen LogP contribution < -0.4 is 4.90 Å². The lowest BCUT2D eigenvalue weighted by Gasteiger charge is -2.25. The van der Waals surface area contributed by atoms with Gasteiger partial charge in [0.2, 0.25) is 0 Å². The van der Waals surface area contributed by atoms with Crippen LogP contribution in [-0.4, -0.2) is 52.1 Å². The number of carbonyl (C=O) groups is 3. The summed E-state index contributed by atoms with van der Waals surface area (Å²) in [5, 5.41) is 15.6. The smallest absolute Gasteiger partial charge is 0.264 e. The Morgan fingerprint density at radius 3 is 2.39 bits per heavy atom. The number of aryl methyl sites for hydroxylation is 1. The van der Waals surface area contributed by atoms with Crippen LogP contribution in [0.4, 0.5) is 5.69 Å².